The number of thiophene rings is 1. The van der Waals surface area contributed by atoms with E-state index in [2.05, 4.69) is 32.0 Å². The second-order valence-corrected chi connectivity index (χ2v) is 6.87. The normalized spacial score (nSPS) is 20.4. The van der Waals surface area contributed by atoms with Crippen molar-refractivity contribution in [1.29, 1.82) is 0 Å². The number of hydrogen-bond acceptors (Lipinski definition) is 5. The number of amides is 2. The van der Waals surface area contributed by atoms with E-state index in [-0.39, 0.29) is 23.9 Å². The van der Waals surface area contributed by atoms with Crippen molar-refractivity contribution in [3.63, 3.8) is 0 Å². The molecule has 3 heterocycles. The number of likely N-dealkylation sites (N-methyl/N-ethyl adjacent to an activating group) is 1. The molecule has 0 aromatic carbocycles. The Kier molecular flexibility index (Phi) is 5.78. The summed E-state index contributed by atoms with van der Waals surface area (Å²) >= 11 is 1.65. The first-order chi connectivity index (χ1) is 12.2. The fraction of sp³-hybridized carbons (Fsp3) is 0.389. The molecule has 132 valence electrons. The van der Waals surface area contributed by atoms with Gasteiger partial charge in [0.15, 0.2) is 0 Å². The van der Waals surface area contributed by atoms with Crippen molar-refractivity contribution < 1.29 is 9.59 Å². The second-order valence-electron chi connectivity index (χ2n) is 6.09. The third kappa shape index (κ3) is 4.43. The molecule has 1 aliphatic rings. The third-order valence-corrected chi connectivity index (χ3v) is 4.99. The molecule has 2 N–H and O–H groups in total. The van der Waals surface area contributed by atoms with Crippen LogP contribution >= 0.6 is 11.3 Å². The number of aromatic nitrogens is 1. The monoisotopic (exact) mass is 358 g/mol. The van der Waals surface area contributed by atoms with Crippen LogP contribution in [0.4, 0.5) is 0 Å². The van der Waals surface area contributed by atoms with Gasteiger partial charge in [0.25, 0.3) is 5.91 Å². The lowest BCUT2D eigenvalue weighted by atomic mass is 10.1. The molecule has 2 atom stereocenters. The van der Waals surface area contributed by atoms with Crippen LogP contribution in [0.2, 0.25) is 0 Å². The highest BCUT2D eigenvalue weighted by molar-refractivity contribution is 7.07. The van der Waals surface area contributed by atoms with Crippen LogP contribution in [0.25, 0.3) is 0 Å². The van der Waals surface area contributed by atoms with Crippen LogP contribution in [0.3, 0.4) is 0 Å². The molecule has 0 saturated carbocycles. The van der Waals surface area contributed by atoms with E-state index in [4.69, 9.17) is 0 Å². The van der Waals surface area contributed by atoms with Crippen LogP contribution in [-0.4, -0.2) is 46.9 Å². The largest absolute Gasteiger partial charge is 0.355 e. The number of rotatable bonds is 6. The lowest BCUT2D eigenvalue weighted by Gasteiger charge is -2.22. The zero-order valence-corrected chi connectivity index (χ0v) is 15.0. The molecule has 1 fully saturated rings. The number of carbonyl (C=O) groups excluding carboxylic acids is 2. The highest BCUT2D eigenvalue weighted by Gasteiger charge is 2.37. The first-order valence-corrected chi connectivity index (χ1v) is 9.36. The van der Waals surface area contributed by atoms with Gasteiger partial charge in [-0.3, -0.25) is 19.5 Å². The van der Waals surface area contributed by atoms with E-state index in [1.165, 1.54) is 5.56 Å². The minimum absolute atomic E-state index is 0.0207. The molecule has 2 aromatic heterocycles. The summed E-state index contributed by atoms with van der Waals surface area (Å²) < 4.78 is 0. The summed E-state index contributed by atoms with van der Waals surface area (Å²) in [7, 11) is 0. The lowest BCUT2D eigenvalue weighted by molar-refractivity contribution is -0.125. The Bertz CT molecular complexity index is 705. The van der Waals surface area contributed by atoms with Crippen LogP contribution in [0.5, 0.6) is 0 Å². The topological polar surface area (TPSA) is 74.3 Å². The highest BCUT2D eigenvalue weighted by atomic mass is 32.1. The van der Waals surface area contributed by atoms with Crippen molar-refractivity contribution in [2.24, 2.45) is 0 Å². The number of carbonyl (C=O) groups is 2. The quantitative estimate of drug-likeness (QED) is 0.823. The van der Waals surface area contributed by atoms with Crippen molar-refractivity contribution in [2.45, 2.75) is 32.0 Å². The smallest absolute Gasteiger partial charge is 0.270 e. The van der Waals surface area contributed by atoms with E-state index in [1.54, 1.807) is 35.7 Å². The van der Waals surface area contributed by atoms with Gasteiger partial charge in [0.1, 0.15) is 5.69 Å². The van der Waals surface area contributed by atoms with E-state index in [9.17, 15) is 9.59 Å². The number of hydrogen-bond donors (Lipinski definition) is 2. The highest BCUT2D eigenvalue weighted by Crippen LogP contribution is 2.22. The van der Waals surface area contributed by atoms with Crippen LogP contribution in [0, 0.1) is 0 Å². The van der Waals surface area contributed by atoms with Gasteiger partial charge in [-0.15, -0.1) is 0 Å². The molecular weight excluding hydrogens is 336 g/mol. The molecule has 2 amide bonds. The fourth-order valence-electron chi connectivity index (χ4n) is 3.12. The number of pyridine rings is 1. The molecular formula is C18H22N4O2S. The van der Waals surface area contributed by atoms with Crippen LogP contribution < -0.4 is 10.6 Å². The van der Waals surface area contributed by atoms with Gasteiger partial charge in [-0.25, -0.2) is 0 Å². The third-order valence-electron chi connectivity index (χ3n) is 4.26. The summed E-state index contributed by atoms with van der Waals surface area (Å²) in [6.45, 7) is 3.88. The minimum Gasteiger partial charge on any atom is -0.355 e. The number of nitrogens with one attached hydrogen (secondary N) is 2. The van der Waals surface area contributed by atoms with Gasteiger partial charge in [0, 0.05) is 31.9 Å². The summed E-state index contributed by atoms with van der Waals surface area (Å²) in [4.78, 5) is 31.0. The van der Waals surface area contributed by atoms with Gasteiger partial charge in [0.05, 0.1) is 6.04 Å². The Morgan fingerprint density at radius 2 is 2.24 bits per heavy atom. The van der Waals surface area contributed by atoms with E-state index >= 15 is 0 Å². The predicted octanol–water partition coefficient (Wildman–Crippen LogP) is 1.65. The summed E-state index contributed by atoms with van der Waals surface area (Å²) in [5.41, 5.74) is 1.59. The molecule has 0 aliphatic carbocycles. The second kappa shape index (κ2) is 8.22. The van der Waals surface area contributed by atoms with Gasteiger partial charge < -0.3 is 10.6 Å². The van der Waals surface area contributed by atoms with Gasteiger partial charge in [-0.05, 0) is 47.9 Å². The summed E-state index contributed by atoms with van der Waals surface area (Å²) in [6, 6.07) is 7.03. The Hall–Kier alpha value is -2.25. The van der Waals surface area contributed by atoms with Crippen LogP contribution in [-0.2, 0) is 11.3 Å². The van der Waals surface area contributed by atoms with Crippen molar-refractivity contribution in [2.75, 3.05) is 13.1 Å². The molecule has 0 spiro atoms. The van der Waals surface area contributed by atoms with Gasteiger partial charge >= 0.3 is 0 Å². The molecule has 3 rings (SSSR count). The van der Waals surface area contributed by atoms with Crippen molar-refractivity contribution >= 4 is 23.2 Å². The maximum absolute atomic E-state index is 12.4. The molecule has 1 aliphatic heterocycles. The van der Waals surface area contributed by atoms with Crippen molar-refractivity contribution in [3.05, 3.63) is 52.5 Å². The molecule has 2 aromatic rings. The number of nitrogens with zero attached hydrogens (tertiary/aromatic N) is 2. The molecule has 0 bridgehead atoms. The molecule has 1 saturated heterocycles. The number of likely N-dealkylation sites (tertiary alicyclic amines) is 1. The van der Waals surface area contributed by atoms with E-state index < -0.39 is 0 Å². The standard InChI is InChI=1S/C18H22N4O2S/c1-2-19-18(24)16-9-14(11-22(16)10-13-6-8-25-12-13)21-17(23)15-5-3-4-7-20-15/h3-8,12,14,16H,2,9-11H2,1H3,(H,19,24)(H,21,23)/t14-,16-/m0/s1. The van der Waals surface area contributed by atoms with Gasteiger partial charge in [0.2, 0.25) is 5.91 Å². The summed E-state index contributed by atoms with van der Waals surface area (Å²) in [6.07, 6.45) is 2.21. The Morgan fingerprint density at radius 3 is 2.92 bits per heavy atom. The van der Waals surface area contributed by atoms with Crippen LogP contribution in [0.15, 0.2) is 41.2 Å². The van der Waals surface area contributed by atoms with Gasteiger partial charge in [-0.2, -0.15) is 11.3 Å². The van der Waals surface area contributed by atoms with E-state index in [0.717, 1.165) is 0 Å². The van der Waals surface area contributed by atoms with Crippen LogP contribution in [0.1, 0.15) is 29.4 Å². The van der Waals surface area contributed by atoms with E-state index in [0.29, 0.717) is 31.7 Å². The predicted molar refractivity (Wildman–Crippen MR) is 97.3 cm³/mol. The molecule has 7 heteroatoms. The summed E-state index contributed by atoms with van der Waals surface area (Å²) in [5.74, 6) is -0.176. The Balaban J connectivity index is 1.67. The van der Waals surface area contributed by atoms with Crippen molar-refractivity contribution in [1.82, 2.24) is 20.5 Å². The maximum atomic E-state index is 12.4. The lowest BCUT2D eigenvalue weighted by Crippen LogP contribution is -2.42. The Labute approximate surface area is 151 Å². The SMILES string of the molecule is CCNC(=O)[C@@H]1C[C@H](NC(=O)c2ccccn2)CN1Cc1ccsc1. The Morgan fingerprint density at radius 1 is 1.36 bits per heavy atom. The minimum atomic E-state index is -0.228. The van der Waals surface area contributed by atoms with E-state index in [1.807, 2.05) is 12.3 Å². The molecule has 25 heavy (non-hydrogen) atoms. The average Bonchev–Trinajstić information content (AvgIpc) is 3.26. The van der Waals surface area contributed by atoms with Gasteiger partial charge in [-0.1, -0.05) is 6.07 Å². The summed E-state index contributed by atoms with van der Waals surface area (Å²) in [5, 5.41) is 10.0. The zero-order valence-electron chi connectivity index (χ0n) is 14.1. The molecule has 0 unspecified atom stereocenters. The maximum Gasteiger partial charge on any atom is 0.270 e. The first kappa shape index (κ1) is 17.6. The first-order valence-electron chi connectivity index (χ1n) is 8.42. The zero-order chi connectivity index (χ0) is 17.6. The van der Waals surface area contributed by atoms with Crippen molar-refractivity contribution in [3.8, 4) is 0 Å². The molecule has 0 radical (unpaired) electrons. The molecule has 6 nitrogen and oxygen atoms in total. The fourth-order valence-corrected chi connectivity index (χ4v) is 3.78. The average molecular weight is 358 g/mol.